The maximum absolute atomic E-state index is 12.9. The molecule has 0 saturated carbocycles. The predicted molar refractivity (Wildman–Crippen MR) is 120 cm³/mol. The first-order chi connectivity index (χ1) is 14.3. The molecule has 30 heavy (non-hydrogen) atoms. The van der Waals surface area contributed by atoms with E-state index in [-0.39, 0.29) is 11.8 Å². The second-order valence-electron chi connectivity index (χ2n) is 8.44. The topological polar surface area (TPSA) is 85.7 Å². The molecule has 0 bridgehead atoms. The van der Waals surface area contributed by atoms with Gasteiger partial charge in [0.25, 0.3) is 0 Å². The number of aromatic nitrogens is 1. The highest BCUT2D eigenvalue weighted by Crippen LogP contribution is 2.29. The summed E-state index contributed by atoms with van der Waals surface area (Å²) in [6, 6.07) is 7.60. The van der Waals surface area contributed by atoms with E-state index >= 15 is 0 Å². The molecular formula is C23H33N3O3S. The molecule has 2 aromatic rings. The SMILES string of the molecule is CCC(C)C(C)C(O)N1CC(O)CC1C(=O)NCc1ccc(-c2scnc2C)cc1. The van der Waals surface area contributed by atoms with Gasteiger partial charge in [-0.25, -0.2) is 4.98 Å². The molecule has 1 aliphatic heterocycles. The number of amides is 1. The van der Waals surface area contributed by atoms with Gasteiger partial charge in [0.05, 0.1) is 28.2 Å². The lowest BCUT2D eigenvalue weighted by atomic mass is 9.91. The van der Waals surface area contributed by atoms with Crippen LogP contribution in [0.25, 0.3) is 10.4 Å². The molecule has 3 rings (SSSR count). The van der Waals surface area contributed by atoms with Crippen LogP contribution in [0.3, 0.4) is 0 Å². The van der Waals surface area contributed by atoms with Crippen molar-refractivity contribution in [1.29, 1.82) is 0 Å². The van der Waals surface area contributed by atoms with Gasteiger partial charge in [-0.1, -0.05) is 51.5 Å². The smallest absolute Gasteiger partial charge is 0.237 e. The predicted octanol–water partition coefficient (Wildman–Crippen LogP) is 3.17. The summed E-state index contributed by atoms with van der Waals surface area (Å²) in [5.41, 5.74) is 4.99. The van der Waals surface area contributed by atoms with Crippen LogP contribution in [0.4, 0.5) is 0 Å². The van der Waals surface area contributed by atoms with E-state index in [4.69, 9.17) is 0 Å². The number of nitrogens with zero attached hydrogens (tertiary/aromatic N) is 2. The van der Waals surface area contributed by atoms with Crippen LogP contribution in [0.5, 0.6) is 0 Å². The van der Waals surface area contributed by atoms with E-state index in [0.717, 1.165) is 28.1 Å². The number of aryl methyl sites for hydroxylation is 1. The van der Waals surface area contributed by atoms with E-state index in [1.165, 1.54) is 0 Å². The fourth-order valence-corrected chi connectivity index (χ4v) is 4.83. The average Bonchev–Trinajstić information content (AvgIpc) is 3.36. The molecule has 1 aliphatic rings. The third kappa shape index (κ3) is 5.09. The first-order valence-corrected chi connectivity index (χ1v) is 11.6. The molecule has 0 aliphatic carbocycles. The van der Waals surface area contributed by atoms with Crippen molar-refractivity contribution in [1.82, 2.24) is 15.2 Å². The molecular weight excluding hydrogens is 398 g/mol. The van der Waals surface area contributed by atoms with Gasteiger partial charge in [-0.15, -0.1) is 11.3 Å². The van der Waals surface area contributed by atoms with Crippen molar-refractivity contribution in [2.75, 3.05) is 6.54 Å². The van der Waals surface area contributed by atoms with Crippen LogP contribution >= 0.6 is 11.3 Å². The molecule has 7 heteroatoms. The van der Waals surface area contributed by atoms with Crippen molar-refractivity contribution in [2.45, 2.75) is 65.5 Å². The van der Waals surface area contributed by atoms with Gasteiger partial charge in [0.15, 0.2) is 0 Å². The minimum atomic E-state index is -0.741. The van der Waals surface area contributed by atoms with Gasteiger partial charge < -0.3 is 15.5 Å². The number of benzene rings is 1. The highest BCUT2D eigenvalue weighted by atomic mass is 32.1. The Balaban J connectivity index is 1.61. The number of thiazole rings is 1. The van der Waals surface area contributed by atoms with Crippen LogP contribution in [0.1, 0.15) is 44.9 Å². The molecule has 1 fully saturated rings. The number of aliphatic hydroxyl groups is 2. The summed E-state index contributed by atoms with van der Waals surface area (Å²) < 4.78 is 0. The molecule has 5 unspecified atom stereocenters. The molecule has 1 aromatic carbocycles. The number of carbonyl (C=O) groups excluding carboxylic acids is 1. The van der Waals surface area contributed by atoms with Crippen LogP contribution < -0.4 is 5.32 Å². The standard InChI is InChI=1S/C23H33N3O3S/c1-5-14(2)15(3)23(29)26-12-19(27)10-20(26)22(28)24-11-17-6-8-18(9-7-17)21-16(4)25-13-30-21/h6-9,13-15,19-20,23,27,29H,5,10-12H2,1-4H3,(H,24,28). The molecule has 1 aromatic heterocycles. The van der Waals surface area contributed by atoms with E-state index in [1.54, 1.807) is 16.2 Å². The molecule has 0 spiro atoms. The number of likely N-dealkylation sites (tertiary alicyclic amines) is 1. The number of β-amino-alcohol motifs (C(OH)–C–C–N with tert-alkyl or cyclic N) is 1. The lowest BCUT2D eigenvalue weighted by molar-refractivity contribution is -0.132. The summed E-state index contributed by atoms with van der Waals surface area (Å²) in [6.07, 6.45) is -0.0290. The van der Waals surface area contributed by atoms with Crippen molar-refractivity contribution in [2.24, 2.45) is 11.8 Å². The zero-order valence-corrected chi connectivity index (χ0v) is 19.0. The largest absolute Gasteiger partial charge is 0.392 e. The third-order valence-electron chi connectivity index (χ3n) is 6.40. The van der Waals surface area contributed by atoms with Crippen molar-refractivity contribution in [3.63, 3.8) is 0 Å². The summed E-state index contributed by atoms with van der Waals surface area (Å²) in [5, 5.41) is 23.9. The molecule has 164 valence electrons. The molecule has 3 N–H and O–H groups in total. The zero-order valence-electron chi connectivity index (χ0n) is 18.2. The number of carbonyl (C=O) groups is 1. The van der Waals surface area contributed by atoms with Crippen LogP contribution in [-0.2, 0) is 11.3 Å². The first-order valence-electron chi connectivity index (χ1n) is 10.7. The summed E-state index contributed by atoms with van der Waals surface area (Å²) in [5.74, 6) is 0.213. The lowest BCUT2D eigenvalue weighted by Gasteiger charge is -2.34. The molecule has 0 radical (unpaired) electrons. The van der Waals surface area contributed by atoms with Gasteiger partial charge in [-0.3, -0.25) is 9.69 Å². The minimum Gasteiger partial charge on any atom is -0.392 e. The Morgan fingerprint density at radius 3 is 2.63 bits per heavy atom. The van der Waals surface area contributed by atoms with Gasteiger partial charge in [-0.2, -0.15) is 0 Å². The summed E-state index contributed by atoms with van der Waals surface area (Å²) in [4.78, 5) is 20.1. The second kappa shape index (κ2) is 10.0. The van der Waals surface area contributed by atoms with E-state index in [2.05, 4.69) is 24.1 Å². The van der Waals surface area contributed by atoms with Crippen LogP contribution in [0.15, 0.2) is 29.8 Å². The third-order valence-corrected chi connectivity index (χ3v) is 7.38. The van der Waals surface area contributed by atoms with Crippen LogP contribution in [-0.4, -0.2) is 50.9 Å². The fourth-order valence-electron chi connectivity index (χ4n) is 4.02. The average molecular weight is 432 g/mol. The number of nitrogens with one attached hydrogen (secondary N) is 1. The van der Waals surface area contributed by atoms with E-state index in [0.29, 0.717) is 25.4 Å². The quantitative estimate of drug-likeness (QED) is 0.598. The van der Waals surface area contributed by atoms with E-state index in [1.807, 2.05) is 43.6 Å². The molecule has 1 saturated heterocycles. The Labute approximate surface area is 183 Å². The highest BCUT2D eigenvalue weighted by molar-refractivity contribution is 7.13. The van der Waals surface area contributed by atoms with E-state index in [9.17, 15) is 15.0 Å². The summed E-state index contributed by atoms with van der Waals surface area (Å²) in [7, 11) is 0. The van der Waals surface area contributed by atoms with E-state index < -0.39 is 18.4 Å². The molecule has 1 amide bonds. The fraction of sp³-hybridized carbons (Fsp3) is 0.565. The number of hydrogen-bond acceptors (Lipinski definition) is 6. The van der Waals surface area contributed by atoms with Gasteiger partial charge in [-0.05, 0) is 36.3 Å². The van der Waals surface area contributed by atoms with Crippen molar-refractivity contribution in [3.05, 3.63) is 41.0 Å². The summed E-state index contributed by atoms with van der Waals surface area (Å²) in [6.45, 7) is 8.94. The van der Waals surface area contributed by atoms with Crippen molar-refractivity contribution < 1.29 is 15.0 Å². The maximum Gasteiger partial charge on any atom is 0.237 e. The molecule has 2 heterocycles. The van der Waals surface area contributed by atoms with Gasteiger partial charge in [0.2, 0.25) is 5.91 Å². The Morgan fingerprint density at radius 1 is 1.33 bits per heavy atom. The van der Waals surface area contributed by atoms with Crippen molar-refractivity contribution in [3.8, 4) is 10.4 Å². The van der Waals surface area contributed by atoms with Gasteiger partial charge in [0.1, 0.15) is 6.23 Å². The number of aliphatic hydroxyl groups excluding tert-OH is 2. The Kier molecular flexibility index (Phi) is 7.63. The van der Waals surface area contributed by atoms with Crippen LogP contribution in [0.2, 0.25) is 0 Å². The van der Waals surface area contributed by atoms with Crippen LogP contribution in [0, 0.1) is 18.8 Å². The Bertz CT molecular complexity index is 838. The molecule has 6 nitrogen and oxygen atoms in total. The lowest BCUT2D eigenvalue weighted by Crippen LogP contribution is -2.50. The zero-order chi connectivity index (χ0) is 21.8. The summed E-state index contributed by atoms with van der Waals surface area (Å²) >= 11 is 1.62. The van der Waals surface area contributed by atoms with Crippen molar-refractivity contribution >= 4 is 17.2 Å². The minimum absolute atomic E-state index is 0.0262. The Morgan fingerprint density at radius 2 is 2.03 bits per heavy atom. The van der Waals surface area contributed by atoms with Gasteiger partial charge in [0, 0.05) is 13.1 Å². The normalized spacial score (nSPS) is 22.6. The highest BCUT2D eigenvalue weighted by Gasteiger charge is 2.41. The second-order valence-corrected chi connectivity index (χ2v) is 9.30. The number of hydrogen-bond donors (Lipinski definition) is 3. The first kappa shape index (κ1) is 22.9. The molecule has 5 atom stereocenters. The Hall–Kier alpha value is -1.80. The number of rotatable bonds is 8. The monoisotopic (exact) mass is 431 g/mol. The maximum atomic E-state index is 12.9. The van der Waals surface area contributed by atoms with Gasteiger partial charge >= 0.3 is 0 Å².